The number of hydrogen-bond donors (Lipinski definition) is 1. The Balaban J connectivity index is 2.58. The van der Waals surface area contributed by atoms with E-state index in [0.29, 0.717) is 12.3 Å². The van der Waals surface area contributed by atoms with Crippen molar-refractivity contribution in [1.82, 2.24) is 5.32 Å². The zero-order chi connectivity index (χ0) is 14.5. The third-order valence-corrected chi connectivity index (χ3v) is 2.42. The van der Waals surface area contributed by atoms with E-state index in [2.05, 4.69) is 5.32 Å². The number of ether oxygens (including phenoxy) is 1. The van der Waals surface area contributed by atoms with Crippen LogP contribution in [0.15, 0.2) is 24.3 Å². The molecule has 1 aromatic rings. The van der Waals surface area contributed by atoms with Crippen LogP contribution >= 0.6 is 0 Å². The molecular weight excluding hydrogens is 255 g/mol. The van der Waals surface area contributed by atoms with Crippen molar-refractivity contribution in [3.63, 3.8) is 0 Å². The van der Waals surface area contributed by atoms with Crippen molar-refractivity contribution in [1.29, 1.82) is 0 Å². The van der Waals surface area contributed by atoms with E-state index in [1.807, 2.05) is 32.9 Å². The normalized spacial score (nSPS) is 12.5. The smallest absolute Gasteiger partial charge is 0.392 e. The summed E-state index contributed by atoms with van der Waals surface area (Å²) in [5.41, 5.74) is 0.804. The van der Waals surface area contributed by atoms with Crippen LogP contribution in [0.5, 0.6) is 5.75 Å². The summed E-state index contributed by atoms with van der Waals surface area (Å²) < 4.78 is 41.4. The van der Waals surface area contributed by atoms with E-state index in [-0.39, 0.29) is 12.1 Å². The van der Waals surface area contributed by atoms with E-state index >= 15 is 0 Å². The SMILES string of the molecule is CC(C)(C)NCc1ccccc1OCCC(F)(F)F. The number of nitrogens with one attached hydrogen (secondary N) is 1. The lowest BCUT2D eigenvalue weighted by atomic mass is 10.1. The molecule has 0 radical (unpaired) electrons. The molecule has 0 aliphatic heterocycles. The summed E-state index contributed by atoms with van der Waals surface area (Å²) in [5, 5.41) is 3.28. The maximum atomic E-state index is 12.1. The van der Waals surface area contributed by atoms with Crippen molar-refractivity contribution in [2.75, 3.05) is 6.61 Å². The Kier molecular flexibility index (Phi) is 5.23. The molecule has 0 bridgehead atoms. The van der Waals surface area contributed by atoms with E-state index in [0.717, 1.165) is 5.56 Å². The summed E-state index contributed by atoms with van der Waals surface area (Å²) in [5.74, 6) is 0.503. The van der Waals surface area contributed by atoms with E-state index < -0.39 is 12.6 Å². The molecule has 0 aliphatic rings. The molecule has 0 atom stereocenters. The summed E-state index contributed by atoms with van der Waals surface area (Å²) in [7, 11) is 0. The molecule has 0 fully saturated rings. The quantitative estimate of drug-likeness (QED) is 0.879. The second kappa shape index (κ2) is 6.28. The molecule has 1 aromatic carbocycles. The second-order valence-corrected chi connectivity index (χ2v) is 5.42. The van der Waals surface area contributed by atoms with E-state index in [9.17, 15) is 13.2 Å². The fraction of sp³-hybridized carbons (Fsp3) is 0.571. The van der Waals surface area contributed by atoms with Gasteiger partial charge >= 0.3 is 6.18 Å². The van der Waals surface area contributed by atoms with Gasteiger partial charge in [0.15, 0.2) is 0 Å². The number of benzene rings is 1. The van der Waals surface area contributed by atoms with Crippen LogP contribution in [0.3, 0.4) is 0 Å². The molecule has 1 rings (SSSR count). The molecule has 0 spiro atoms. The number of alkyl halides is 3. The van der Waals surface area contributed by atoms with Gasteiger partial charge in [-0.05, 0) is 26.8 Å². The van der Waals surface area contributed by atoms with Crippen LogP contribution < -0.4 is 10.1 Å². The van der Waals surface area contributed by atoms with Gasteiger partial charge in [-0.1, -0.05) is 18.2 Å². The Morgan fingerprint density at radius 3 is 2.32 bits per heavy atom. The van der Waals surface area contributed by atoms with Gasteiger partial charge in [-0.3, -0.25) is 0 Å². The third kappa shape index (κ3) is 7.06. The molecule has 0 saturated heterocycles. The molecule has 0 unspecified atom stereocenters. The van der Waals surface area contributed by atoms with Crippen molar-refractivity contribution in [2.45, 2.75) is 45.5 Å². The van der Waals surface area contributed by atoms with E-state index in [1.54, 1.807) is 12.1 Å². The highest BCUT2D eigenvalue weighted by atomic mass is 19.4. The zero-order valence-corrected chi connectivity index (χ0v) is 11.5. The van der Waals surface area contributed by atoms with Crippen LogP contribution in [0.25, 0.3) is 0 Å². The molecule has 1 N–H and O–H groups in total. The lowest BCUT2D eigenvalue weighted by molar-refractivity contribution is -0.139. The van der Waals surface area contributed by atoms with Crippen molar-refractivity contribution in [3.05, 3.63) is 29.8 Å². The lowest BCUT2D eigenvalue weighted by Gasteiger charge is -2.21. The highest BCUT2D eigenvalue weighted by Crippen LogP contribution is 2.22. The predicted octanol–water partition coefficient (Wildman–Crippen LogP) is 3.91. The van der Waals surface area contributed by atoms with Gasteiger partial charge in [0, 0.05) is 17.6 Å². The molecule has 0 amide bonds. The van der Waals surface area contributed by atoms with E-state index in [1.165, 1.54) is 0 Å². The number of hydrogen-bond acceptors (Lipinski definition) is 2. The van der Waals surface area contributed by atoms with Gasteiger partial charge in [-0.25, -0.2) is 0 Å². The Hall–Kier alpha value is -1.23. The van der Waals surface area contributed by atoms with Crippen molar-refractivity contribution in [3.8, 4) is 5.75 Å². The average Bonchev–Trinajstić information content (AvgIpc) is 2.25. The summed E-state index contributed by atoms with van der Waals surface area (Å²) in [6, 6.07) is 7.14. The van der Waals surface area contributed by atoms with Crippen LogP contribution in [0.2, 0.25) is 0 Å². The largest absolute Gasteiger partial charge is 0.493 e. The molecule has 19 heavy (non-hydrogen) atoms. The van der Waals surface area contributed by atoms with Gasteiger partial charge in [-0.15, -0.1) is 0 Å². The molecule has 0 aliphatic carbocycles. The number of para-hydroxylation sites is 1. The first kappa shape index (κ1) is 15.8. The Labute approximate surface area is 112 Å². The van der Waals surface area contributed by atoms with Gasteiger partial charge in [0.2, 0.25) is 0 Å². The molecule has 0 aromatic heterocycles. The van der Waals surface area contributed by atoms with Gasteiger partial charge in [-0.2, -0.15) is 13.2 Å². The monoisotopic (exact) mass is 275 g/mol. The molecule has 108 valence electrons. The molecular formula is C14H20F3NO. The average molecular weight is 275 g/mol. The first-order valence-corrected chi connectivity index (χ1v) is 6.20. The van der Waals surface area contributed by atoms with Gasteiger partial charge < -0.3 is 10.1 Å². The van der Waals surface area contributed by atoms with Crippen molar-refractivity contribution >= 4 is 0 Å². The first-order valence-electron chi connectivity index (χ1n) is 6.20. The number of rotatable bonds is 5. The van der Waals surface area contributed by atoms with E-state index in [4.69, 9.17) is 4.74 Å². The van der Waals surface area contributed by atoms with Crippen LogP contribution in [-0.4, -0.2) is 18.3 Å². The third-order valence-electron chi connectivity index (χ3n) is 2.42. The van der Waals surface area contributed by atoms with Crippen molar-refractivity contribution < 1.29 is 17.9 Å². The van der Waals surface area contributed by atoms with Gasteiger partial charge in [0.25, 0.3) is 0 Å². The lowest BCUT2D eigenvalue weighted by Crippen LogP contribution is -2.35. The molecule has 0 heterocycles. The summed E-state index contributed by atoms with van der Waals surface area (Å²) in [4.78, 5) is 0. The minimum Gasteiger partial charge on any atom is -0.493 e. The van der Waals surface area contributed by atoms with Crippen LogP contribution in [0.1, 0.15) is 32.8 Å². The standard InChI is InChI=1S/C14H20F3NO/c1-13(2,3)18-10-11-6-4-5-7-12(11)19-9-8-14(15,16)17/h4-7,18H,8-10H2,1-3H3. The Morgan fingerprint density at radius 2 is 1.74 bits per heavy atom. The van der Waals surface area contributed by atoms with Crippen LogP contribution in [0.4, 0.5) is 13.2 Å². The highest BCUT2D eigenvalue weighted by Gasteiger charge is 2.27. The predicted molar refractivity (Wildman–Crippen MR) is 69.2 cm³/mol. The van der Waals surface area contributed by atoms with Crippen LogP contribution in [0, 0.1) is 0 Å². The maximum Gasteiger partial charge on any atom is 0.392 e. The maximum absolute atomic E-state index is 12.1. The molecule has 5 heteroatoms. The molecule has 0 saturated carbocycles. The summed E-state index contributed by atoms with van der Waals surface area (Å²) in [6.07, 6.45) is -5.12. The Bertz CT molecular complexity index is 396. The summed E-state index contributed by atoms with van der Waals surface area (Å²) in [6.45, 7) is 6.29. The minimum absolute atomic E-state index is 0.0565. The fourth-order valence-corrected chi connectivity index (χ4v) is 1.43. The topological polar surface area (TPSA) is 21.3 Å². The Morgan fingerprint density at radius 1 is 1.11 bits per heavy atom. The van der Waals surface area contributed by atoms with Gasteiger partial charge in [0.1, 0.15) is 5.75 Å². The van der Waals surface area contributed by atoms with Gasteiger partial charge in [0.05, 0.1) is 13.0 Å². The van der Waals surface area contributed by atoms with Crippen molar-refractivity contribution in [2.24, 2.45) is 0 Å². The highest BCUT2D eigenvalue weighted by molar-refractivity contribution is 5.33. The first-order chi connectivity index (χ1) is 8.67. The fourth-order valence-electron chi connectivity index (χ4n) is 1.43. The second-order valence-electron chi connectivity index (χ2n) is 5.42. The zero-order valence-electron chi connectivity index (χ0n) is 11.5. The summed E-state index contributed by atoms with van der Waals surface area (Å²) >= 11 is 0. The van der Waals surface area contributed by atoms with Crippen LogP contribution in [-0.2, 0) is 6.54 Å². The molecule has 2 nitrogen and oxygen atoms in total. The number of halogens is 3. The minimum atomic E-state index is -4.18.